The zero-order valence-electron chi connectivity index (χ0n) is 17.6. The van der Waals surface area contributed by atoms with Crippen LogP contribution in [0.1, 0.15) is 18.2 Å². The van der Waals surface area contributed by atoms with Gasteiger partial charge in [0.15, 0.2) is 0 Å². The van der Waals surface area contributed by atoms with Crippen LogP contribution >= 0.6 is 11.3 Å². The Morgan fingerprint density at radius 3 is 2.55 bits per heavy atom. The minimum Gasteiger partial charge on any atom is -0.494 e. The lowest BCUT2D eigenvalue weighted by atomic mass is 10.1. The van der Waals surface area contributed by atoms with Gasteiger partial charge in [-0.15, -0.1) is 11.3 Å². The maximum Gasteiger partial charge on any atom is 0.282 e. The molecule has 1 aromatic heterocycles. The predicted molar refractivity (Wildman–Crippen MR) is 121 cm³/mol. The molecule has 164 valence electrons. The summed E-state index contributed by atoms with van der Waals surface area (Å²) in [5, 5.41) is 11.1. The molecule has 7 nitrogen and oxygen atoms in total. The molecule has 0 spiro atoms. The summed E-state index contributed by atoms with van der Waals surface area (Å²) in [6, 6.07) is 10.9. The summed E-state index contributed by atoms with van der Waals surface area (Å²) < 4.78 is 5.71. The summed E-state index contributed by atoms with van der Waals surface area (Å²) in [6.45, 7) is 6.09. The number of nitrogens with zero attached hydrogens (tertiary/aromatic N) is 3. The normalized spacial score (nSPS) is 17.7. The van der Waals surface area contributed by atoms with Gasteiger partial charge in [-0.2, -0.15) is 0 Å². The van der Waals surface area contributed by atoms with E-state index in [1.54, 1.807) is 18.2 Å². The van der Waals surface area contributed by atoms with Gasteiger partial charge in [-0.05, 0) is 30.0 Å². The van der Waals surface area contributed by atoms with Crippen molar-refractivity contribution in [3.63, 3.8) is 0 Å². The topological polar surface area (TPSA) is 73.3 Å². The highest BCUT2D eigenvalue weighted by atomic mass is 32.1. The molecule has 0 radical (unpaired) electrons. The number of hydrogen-bond acceptors (Lipinski definition) is 7. The molecule has 1 saturated heterocycles. The Bertz CT molecular complexity index is 965. The van der Waals surface area contributed by atoms with E-state index in [4.69, 9.17) is 4.74 Å². The largest absolute Gasteiger partial charge is 0.494 e. The van der Waals surface area contributed by atoms with Crippen LogP contribution in [-0.2, 0) is 9.59 Å². The van der Waals surface area contributed by atoms with E-state index in [0.717, 1.165) is 24.4 Å². The highest BCUT2D eigenvalue weighted by molar-refractivity contribution is 7.11. The molecule has 1 fully saturated rings. The number of anilines is 1. The molecule has 4 rings (SSSR count). The third kappa shape index (κ3) is 4.37. The standard InChI is InChI=1S/C23H27N3O4S/c1-2-14-30-18-6-3-5-17(16-18)26-22(28)20(19-7-4-15-31-19)21(23(26)29)25-10-8-24(9-11-25)12-13-27/h3-7,15-16,27H,2,8-14H2,1H3. The van der Waals surface area contributed by atoms with E-state index >= 15 is 0 Å². The predicted octanol–water partition coefficient (Wildman–Crippen LogP) is 2.43. The first-order chi connectivity index (χ1) is 15.1. The van der Waals surface area contributed by atoms with Gasteiger partial charge < -0.3 is 14.7 Å². The number of piperazine rings is 1. The number of rotatable bonds is 8. The van der Waals surface area contributed by atoms with Crippen molar-refractivity contribution in [2.75, 3.05) is 50.8 Å². The molecule has 0 bridgehead atoms. The molecule has 0 saturated carbocycles. The molecule has 0 unspecified atom stereocenters. The molecule has 2 amide bonds. The average molecular weight is 442 g/mol. The van der Waals surface area contributed by atoms with Crippen LogP contribution in [0.3, 0.4) is 0 Å². The highest BCUT2D eigenvalue weighted by Gasteiger charge is 2.43. The summed E-state index contributed by atoms with van der Waals surface area (Å²) in [4.78, 5) is 33.3. The molecule has 2 aliphatic rings. The second-order valence-electron chi connectivity index (χ2n) is 7.54. The maximum atomic E-state index is 13.6. The SMILES string of the molecule is CCCOc1cccc(N2C(=O)C(c3cccs3)=C(N3CCN(CCO)CC3)C2=O)c1. The lowest BCUT2D eigenvalue weighted by Gasteiger charge is -2.36. The Kier molecular flexibility index (Phi) is 6.70. The van der Waals surface area contributed by atoms with Gasteiger partial charge >= 0.3 is 0 Å². The van der Waals surface area contributed by atoms with Gasteiger partial charge in [0.1, 0.15) is 11.4 Å². The number of amides is 2. The van der Waals surface area contributed by atoms with E-state index in [1.165, 1.54) is 16.2 Å². The average Bonchev–Trinajstić information content (AvgIpc) is 3.39. The van der Waals surface area contributed by atoms with Crippen LogP contribution in [0.25, 0.3) is 5.57 Å². The lowest BCUT2D eigenvalue weighted by molar-refractivity contribution is -0.120. The summed E-state index contributed by atoms with van der Waals surface area (Å²) in [5.74, 6) is 0.0493. The first kappa shape index (κ1) is 21.5. The van der Waals surface area contributed by atoms with E-state index < -0.39 is 0 Å². The molecular weight excluding hydrogens is 414 g/mol. The van der Waals surface area contributed by atoms with Crippen LogP contribution in [0, 0.1) is 0 Å². The number of imide groups is 1. The van der Waals surface area contributed by atoms with Gasteiger partial charge in [-0.1, -0.05) is 19.1 Å². The summed E-state index contributed by atoms with van der Waals surface area (Å²) in [5.41, 5.74) is 1.46. The molecule has 1 aromatic carbocycles. The van der Waals surface area contributed by atoms with Crippen LogP contribution < -0.4 is 9.64 Å². The van der Waals surface area contributed by atoms with Crippen molar-refractivity contribution in [1.82, 2.24) is 9.80 Å². The van der Waals surface area contributed by atoms with Crippen molar-refractivity contribution in [3.05, 3.63) is 52.4 Å². The van der Waals surface area contributed by atoms with Crippen LogP contribution in [0.2, 0.25) is 0 Å². The van der Waals surface area contributed by atoms with Crippen molar-refractivity contribution in [2.45, 2.75) is 13.3 Å². The van der Waals surface area contributed by atoms with Crippen molar-refractivity contribution in [2.24, 2.45) is 0 Å². The fourth-order valence-electron chi connectivity index (χ4n) is 3.96. The van der Waals surface area contributed by atoms with Crippen molar-refractivity contribution in [1.29, 1.82) is 0 Å². The minimum absolute atomic E-state index is 0.116. The number of hydrogen-bond donors (Lipinski definition) is 1. The zero-order valence-corrected chi connectivity index (χ0v) is 18.4. The highest BCUT2D eigenvalue weighted by Crippen LogP contribution is 2.37. The smallest absolute Gasteiger partial charge is 0.282 e. The van der Waals surface area contributed by atoms with Gasteiger partial charge in [0.25, 0.3) is 11.8 Å². The monoisotopic (exact) mass is 441 g/mol. The van der Waals surface area contributed by atoms with Crippen molar-refractivity contribution in [3.8, 4) is 5.75 Å². The Balaban J connectivity index is 1.66. The van der Waals surface area contributed by atoms with E-state index in [9.17, 15) is 14.7 Å². The van der Waals surface area contributed by atoms with Gasteiger partial charge in [0, 0.05) is 43.7 Å². The Morgan fingerprint density at radius 2 is 1.87 bits per heavy atom. The quantitative estimate of drug-likeness (QED) is 0.635. The number of thiophene rings is 1. The van der Waals surface area contributed by atoms with Crippen LogP contribution in [0.4, 0.5) is 5.69 Å². The third-order valence-corrected chi connectivity index (χ3v) is 6.37. The van der Waals surface area contributed by atoms with Crippen molar-refractivity contribution >= 4 is 34.4 Å². The second-order valence-corrected chi connectivity index (χ2v) is 8.49. The fraction of sp³-hybridized carbons (Fsp3) is 0.391. The Labute approximate surface area is 186 Å². The summed E-state index contributed by atoms with van der Waals surface area (Å²) >= 11 is 1.46. The van der Waals surface area contributed by atoms with Crippen LogP contribution in [0.5, 0.6) is 5.75 Å². The molecular formula is C23H27N3O4S. The van der Waals surface area contributed by atoms with Gasteiger partial charge in [0.05, 0.1) is 24.5 Å². The first-order valence-corrected chi connectivity index (χ1v) is 11.5. The van der Waals surface area contributed by atoms with Gasteiger partial charge in [-0.3, -0.25) is 14.5 Å². The summed E-state index contributed by atoms with van der Waals surface area (Å²) in [7, 11) is 0. The van der Waals surface area contributed by atoms with E-state index in [-0.39, 0.29) is 18.4 Å². The number of carbonyl (C=O) groups is 2. The fourth-order valence-corrected chi connectivity index (χ4v) is 4.72. The molecule has 2 aromatic rings. The summed E-state index contributed by atoms with van der Waals surface area (Å²) in [6.07, 6.45) is 0.877. The Hall–Kier alpha value is -2.68. The maximum absolute atomic E-state index is 13.6. The van der Waals surface area contributed by atoms with Crippen molar-refractivity contribution < 1.29 is 19.4 Å². The molecule has 1 N–H and O–H groups in total. The molecule has 8 heteroatoms. The first-order valence-electron chi connectivity index (χ1n) is 10.6. The molecule has 2 aliphatic heterocycles. The number of carbonyl (C=O) groups excluding carboxylic acids is 2. The third-order valence-electron chi connectivity index (χ3n) is 5.48. The molecule has 3 heterocycles. The Morgan fingerprint density at radius 1 is 1.06 bits per heavy atom. The lowest BCUT2D eigenvalue weighted by Crippen LogP contribution is -2.48. The second kappa shape index (κ2) is 9.64. The molecule has 31 heavy (non-hydrogen) atoms. The number of ether oxygens (including phenoxy) is 1. The van der Waals surface area contributed by atoms with E-state index in [0.29, 0.717) is 48.9 Å². The van der Waals surface area contributed by atoms with E-state index in [2.05, 4.69) is 4.90 Å². The van der Waals surface area contributed by atoms with E-state index in [1.807, 2.05) is 35.4 Å². The minimum atomic E-state index is -0.298. The molecule has 0 atom stereocenters. The number of β-amino-alcohol motifs (C(OH)–C–C–N with tert-alkyl or cyclic N) is 1. The number of aliphatic hydroxyl groups is 1. The van der Waals surface area contributed by atoms with Crippen LogP contribution in [0.15, 0.2) is 47.5 Å². The van der Waals surface area contributed by atoms with Gasteiger partial charge in [-0.25, -0.2) is 4.90 Å². The number of aliphatic hydroxyl groups excluding tert-OH is 1. The number of benzene rings is 1. The van der Waals surface area contributed by atoms with Crippen LogP contribution in [-0.4, -0.2) is 72.7 Å². The zero-order chi connectivity index (χ0) is 21.8. The molecule has 0 aliphatic carbocycles. The van der Waals surface area contributed by atoms with Gasteiger partial charge in [0.2, 0.25) is 0 Å².